The predicted molar refractivity (Wildman–Crippen MR) is 66.4 cm³/mol. The van der Waals surface area contributed by atoms with Gasteiger partial charge in [0.2, 0.25) is 0 Å². The van der Waals surface area contributed by atoms with Crippen molar-refractivity contribution in [3.8, 4) is 12.3 Å². The molecular weight excluding hydrogens is 184 g/mol. The molecule has 0 aromatic rings. The lowest BCUT2D eigenvalue weighted by atomic mass is 9.93. The highest BCUT2D eigenvalue weighted by molar-refractivity contribution is 5.07. The Morgan fingerprint density at radius 3 is 2.60 bits per heavy atom. The van der Waals surface area contributed by atoms with E-state index in [0.29, 0.717) is 12.3 Å². The van der Waals surface area contributed by atoms with Crippen LogP contribution in [0.2, 0.25) is 0 Å². The molecule has 0 rings (SSSR count). The molecule has 0 aliphatic heterocycles. The zero-order valence-electron chi connectivity index (χ0n) is 10.1. The van der Waals surface area contributed by atoms with Gasteiger partial charge in [-0.05, 0) is 32.6 Å². The average Bonchev–Trinajstić information content (AvgIpc) is 2.16. The first kappa shape index (κ1) is 14.0. The van der Waals surface area contributed by atoms with E-state index in [-0.39, 0.29) is 0 Å². The maximum absolute atomic E-state index is 9.28. The second-order valence-corrected chi connectivity index (χ2v) is 4.30. The SMILES string of the molecule is C#C[C@H](O)CC(=C)[C@H](C)CCC=C(C)C. The number of terminal acetylenes is 1. The second-order valence-electron chi connectivity index (χ2n) is 4.30. The van der Waals surface area contributed by atoms with Crippen molar-refractivity contribution in [3.05, 3.63) is 23.8 Å². The Balaban J connectivity index is 3.90. The van der Waals surface area contributed by atoms with Crippen molar-refractivity contribution in [2.75, 3.05) is 0 Å². The van der Waals surface area contributed by atoms with Crippen LogP contribution in [0.3, 0.4) is 0 Å². The maximum atomic E-state index is 9.28. The zero-order chi connectivity index (χ0) is 11.8. The fourth-order valence-electron chi connectivity index (χ4n) is 1.33. The van der Waals surface area contributed by atoms with Gasteiger partial charge < -0.3 is 5.11 Å². The van der Waals surface area contributed by atoms with Crippen molar-refractivity contribution in [1.82, 2.24) is 0 Å². The van der Waals surface area contributed by atoms with Crippen LogP contribution in [0, 0.1) is 18.3 Å². The van der Waals surface area contributed by atoms with E-state index in [2.05, 4.69) is 39.3 Å². The summed E-state index contributed by atoms with van der Waals surface area (Å²) in [6.45, 7) is 10.3. The Hall–Kier alpha value is -1.00. The Bertz CT molecular complexity index is 264. The summed E-state index contributed by atoms with van der Waals surface area (Å²) in [6, 6.07) is 0. The monoisotopic (exact) mass is 206 g/mol. The van der Waals surface area contributed by atoms with E-state index >= 15 is 0 Å². The summed E-state index contributed by atoms with van der Waals surface area (Å²) in [6.07, 6.45) is 9.31. The average molecular weight is 206 g/mol. The molecule has 84 valence electrons. The number of aliphatic hydroxyl groups excluding tert-OH is 1. The van der Waals surface area contributed by atoms with Crippen LogP contribution in [0.1, 0.15) is 40.0 Å². The van der Waals surface area contributed by atoms with Gasteiger partial charge in [0, 0.05) is 6.42 Å². The number of hydrogen-bond acceptors (Lipinski definition) is 1. The molecule has 0 spiro atoms. The minimum Gasteiger partial charge on any atom is -0.380 e. The van der Waals surface area contributed by atoms with Gasteiger partial charge >= 0.3 is 0 Å². The summed E-state index contributed by atoms with van der Waals surface area (Å²) in [5.74, 6) is 2.73. The predicted octanol–water partition coefficient (Wildman–Crippen LogP) is 3.31. The van der Waals surface area contributed by atoms with Crippen LogP contribution in [0.5, 0.6) is 0 Å². The summed E-state index contributed by atoms with van der Waals surface area (Å²) >= 11 is 0. The van der Waals surface area contributed by atoms with Crippen molar-refractivity contribution < 1.29 is 5.11 Å². The van der Waals surface area contributed by atoms with Crippen LogP contribution in [0.4, 0.5) is 0 Å². The van der Waals surface area contributed by atoms with Crippen molar-refractivity contribution in [2.45, 2.75) is 46.1 Å². The molecule has 0 aliphatic carbocycles. The maximum Gasteiger partial charge on any atom is 0.118 e. The molecule has 0 aliphatic rings. The van der Waals surface area contributed by atoms with Crippen LogP contribution >= 0.6 is 0 Å². The van der Waals surface area contributed by atoms with Crippen LogP contribution in [-0.4, -0.2) is 11.2 Å². The second kappa shape index (κ2) is 7.31. The minimum atomic E-state index is -0.677. The van der Waals surface area contributed by atoms with Gasteiger partial charge in [0.05, 0.1) is 0 Å². The quantitative estimate of drug-likeness (QED) is 0.522. The lowest BCUT2D eigenvalue weighted by Gasteiger charge is -2.14. The molecule has 1 N–H and O–H groups in total. The van der Waals surface area contributed by atoms with Crippen molar-refractivity contribution in [3.63, 3.8) is 0 Å². The van der Waals surface area contributed by atoms with E-state index in [0.717, 1.165) is 18.4 Å². The molecule has 0 saturated carbocycles. The Kier molecular flexibility index (Phi) is 6.83. The van der Waals surface area contributed by atoms with Gasteiger partial charge in [-0.15, -0.1) is 6.42 Å². The molecule has 0 aromatic heterocycles. The first-order chi connectivity index (χ1) is 6.97. The third-order valence-corrected chi connectivity index (χ3v) is 2.50. The van der Waals surface area contributed by atoms with E-state index in [1.807, 2.05) is 0 Å². The minimum absolute atomic E-state index is 0.420. The van der Waals surface area contributed by atoms with Crippen LogP contribution in [-0.2, 0) is 0 Å². The van der Waals surface area contributed by atoms with Crippen LogP contribution in [0.15, 0.2) is 23.8 Å². The molecule has 0 bridgehead atoms. The molecule has 1 nitrogen and oxygen atoms in total. The molecular formula is C14H22O. The number of allylic oxidation sites excluding steroid dienone is 2. The Morgan fingerprint density at radius 2 is 2.13 bits per heavy atom. The highest BCUT2D eigenvalue weighted by atomic mass is 16.3. The Labute approximate surface area is 93.9 Å². The lowest BCUT2D eigenvalue weighted by molar-refractivity contribution is 0.229. The van der Waals surface area contributed by atoms with Crippen LogP contribution < -0.4 is 0 Å². The number of rotatable bonds is 6. The van der Waals surface area contributed by atoms with E-state index in [4.69, 9.17) is 6.42 Å². The molecule has 0 amide bonds. The summed E-state index contributed by atoms with van der Waals surface area (Å²) in [5.41, 5.74) is 2.39. The smallest absolute Gasteiger partial charge is 0.118 e. The number of hydrogen-bond donors (Lipinski definition) is 1. The first-order valence-corrected chi connectivity index (χ1v) is 5.42. The van der Waals surface area contributed by atoms with Gasteiger partial charge in [-0.25, -0.2) is 0 Å². The zero-order valence-corrected chi connectivity index (χ0v) is 10.1. The van der Waals surface area contributed by atoms with E-state index in [9.17, 15) is 5.11 Å². The summed E-state index contributed by atoms with van der Waals surface area (Å²) in [5, 5.41) is 9.28. The van der Waals surface area contributed by atoms with E-state index in [1.54, 1.807) is 0 Å². The van der Waals surface area contributed by atoms with E-state index in [1.165, 1.54) is 5.57 Å². The molecule has 1 heteroatoms. The molecule has 0 fully saturated rings. The first-order valence-electron chi connectivity index (χ1n) is 5.42. The summed E-state index contributed by atoms with van der Waals surface area (Å²) < 4.78 is 0. The van der Waals surface area contributed by atoms with Gasteiger partial charge in [-0.1, -0.05) is 36.6 Å². The number of aliphatic hydroxyl groups is 1. The molecule has 0 radical (unpaired) electrons. The fraction of sp³-hybridized carbons (Fsp3) is 0.571. The van der Waals surface area contributed by atoms with Gasteiger partial charge in [-0.3, -0.25) is 0 Å². The van der Waals surface area contributed by atoms with Crippen LogP contribution in [0.25, 0.3) is 0 Å². The van der Waals surface area contributed by atoms with Crippen molar-refractivity contribution in [1.29, 1.82) is 0 Å². The highest BCUT2D eigenvalue weighted by Gasteiger charge is 2.09. The molecule has 2 atom stereocenters. The van der Waals surface area contributed by atoms with Crippen molar-refractivity contribution >= 4 is 0 Å². The normalized spacial score (nSPS) is 13.8. The fourth-order valence-corrected chi connectivity index (χ4v) is 1.33. The van der Waals surface area contributed by atoms with Gasteiger partial charge in [0.1, 0.15) is 6.10 Å². The standard InChI is InChI=1S/C14H22O/c1-6-14(15)10-13(5)12(4)9-7-8-11(2)3/h1,8,12,14-15H,5,7,9-10H2,2-4H3/t12-,14+/m1/s1. The van der Waals surface area contributed by atoms with Gasteiger partial charge in [0.15, 0.2) is 0 Å². The third-order valence-electron chi connectivity index (χ3n) is 2.50. The van der Waals surface area contributed by atoms with Gasteiger partial charge in [0.25, 0.3) is 0 Å². The third kappa shape index (κ3) is 6.99. The van der Waals surface area contributed by atoms with Crippen molar-refractivity contribution in [2.24, 2.45) is 5.92 Å². The molecule has 0 saturated heterocycles. The summed E-state index contributed by atoms with van der Waals surface area (Å²) in [7, 11) is 0. The highest BCUT2D eigenvalue weighted by Crippen LogP contribution is 2.19. The largest absolute Gasteiger partial charge is 0.380 e. The van der Waals surface area contributed by atoms with E-state index < -0.39 is 6.10 Å². The molecule has 0 unspecified atom stereocenters. The topological polar surface area (TPSA) is 20.2 Å². The molecule has 15 heavy (non-hydrogen) atoms. The lowest BCUT2D eigenvalue weighted by Crippen LogP contribution is -2.08. The Morgan fingerprint density at radius 1 is 1.53 bits per heavy atom. The molecule has 0 heterocycles. The molecule has 0 aromatic carbocycles. The summed E-state index contributed by atoms with van der Waals surface area (Å²) in [4.78, 5) is 0. The van der Waals surface area contributed by atoms with Gasteiger partial charge in [-0.2, -0.15) is 0 Å².